The average molecular weight is 542 g/mol. The number of nitrogens with one attached hydrogen (secondary N) is 1. The van der Waals surface area contributed by atoms with Crippen molar-refractivity contribution in [1.82, 2.24) is 15.1 Å². The number of ether oxygens (including phenoxy) is 2. The molecule has 2 aliphatic rings. The lowest BCUT2D eigenvalue weighted by Crippen LogP contribution is -2.40. The zero-order valence-electron chi connectivity index (χ0n) is 24.3. The largest absolute Gasteiger partial charge is 0.493 e. The van der Waals surface area contributed by atoms with Crippen LogP contribution in [0.5, 0.6) is 11.5 Å². The third kappa shape index (κ3) is 8.33. The second-order valence-corrected chi connectivity index (χ2v) is 11.4. The van der Waals surface area contributed by atoms with Gasteiger partial charge < -0.3 is 24.6 Å². The molecule has 2 fully saturated rings. The number of rotatable bonds is 14. The summed E-state index contributed by atoms with van der Waals surface area (Å²) in [5.41, 5.74) is 4.01. The summed E-state index contributed by atoms with van der Waals surface area (Å²) in [5, 5.41) is 3.60. The van der Waals surface area contributed by atoms with Crippen molar-refractivity contribution in [1.29, 1.82) is 0 Å². The highest BCUT2D eigenvalue weighted by molar-refractivity contribution is 5.43. The fourth-order valence-corrected chi connectivity index (χ4v) is 6.17. The van der Waals surface area contributed by atoms with E-state index in [1.165, 1.54) is 62.0 Å². The van der Waals surface area contributed by atoms with Gasteiger partial charge in [0.15, 0.2) is 11.5 Å². The zero-order chi connectivity index (χ0) is 27.4. The first-order valence-corrected chi connectivity index (χ1v) is 15.4. The van der Waals surface area contributed by atoms with Crippen LogP contribution in [0.25, 0.3) is 0 Å². The minimum Gasteiger partial charge on any atom is -0.493 e. The number of hydrogen-bond acceptors (Lipinski definition) is 5. The minimum atomic E-state index is 0.219. The van der Waals surface area contributed by atoms with Crippen molar-refractivity contribution in [2.75, 3.05) is 52.9 Å². The second-order valence-electron chi connectivity index (χ2n) is 11.4. The number of methoxy groups -OCH3 is 1. The van der Waals surface area contributed by atoms with Crippen LogP contribution < -0.4 is 14.8 Å². The molecule has 5 rings (SSSR count). The predicted octanol–water partition coefficient (Wildman–Crippen LogP) is 6.34. The lowest BCUT2D eigenvalue weighted by molar-refractivity contribution is 0.0963. The highest BCUT2D eigenvalue weighted by Gasteiger charge is 2.25. The maximum Gasteiger partial charge on any atom is 0.161 e. The van der Waals surface area contributed by atoms with Crippen LogP contribution >= 0.6 is 0 Å². The highest BCUT2D eigenvalue weighted by Crippen LogP contribution is 2.32. The van der Waals surface area contributed by atoms with Crippen molar-refractivity contribution in [3.63, 3.8) is 0 Å². The van der Waals surface area contributed by atoms with E-state index < -0.39 is 0 Å². The maximum absolute atomic E-state index is 6.48. The van der Waals surface area contributed by atoms with Gasteiger partial charge in [-0.3, -0.25) is 0 Å². The summed E-state index contributed by atoms with van der Waals surface area (Å²) in [6.07, 6.45) is 7.54. The van der Waals surface area contributed by atoms with Gasteiger partial charge >= 0.3 is 0 Å². The van der Waals surface area contributed by atoms with Crippen molar-refractivity contribution >= 4 is 0 Å². The van der Waals surface area contributed by atoms with Gasteiger partial charge in [-0.05, 0) is 93.5 Å². The molecule has 0 bridgehead atoms. The van der Waals surface area contributed by atoms with E-state index in [9.17, 15) is 0 Å². The fourth-order valence-electron chi connectivity index (χ4n) is 6.17. The summed E-state index contributed by atoms with van der Waals surface area (Å²) in [4.78, 5) is 5.20. The van der Waals surface area contributed by atoms with Gasteiger partial charge in [0.2, 0.25) is 0 Å². The molecule has 0 spiro atoms. The summed E-state index contributed by atoms with van der Waals surface area (Å²) >= 11 is 0. The van der Waals surface area contributed by atoms with Gasteiger partial charge in [-0.1, -0.05) is 66.7 Å². The van der Waals surface area contributed by atoms with Gasteiger partial charge in [0.25, 0.3) is 0 Å². The lowest BCUT2D eigenvalue weighted by atomic mass is 9.90. The van der Waals surface area contributed by atoms with E-state index in [4.69, 9.17) is 9.47 Å². The molecule has 0 atom stereocenters. The fraction of sp³-hybridized carbons (Fsp3) is 0.486. The van der Waals surface area contributed by atoms with E-state index in [0.29, 0.717) is 5.92 Å². The molecule has 0 aromatic heterocycles. The molecule has 0 saturated carbocycles. The van der Waals surface area contributed by atoms with E-state index in [1.54, 1.807) is 7.11 Å². The van der Waals surface area contributed by atoms with Crippen molar-refractivity contribution in [3.05, 3.63) is 95.6 Å². The Morgan fingerprint density at radius 1 is 0.775 bits per heavy atom. The quantitative estimate of drug-likeness (QED) is 0.241. The monoisotopic (exact) mass is 541 g/mol. The molecule has 5 heteroatoms. The van der Waals surface area contributed by atoms with Crippen LogP contribution in [0.3, 0.4) is 0 Å². The van der Waals surface area contributed by atoms with Crippen molar-refractivity contribution < 1.29 is 9.47 Å². The Morgan fingerprint density at radius 2 is 1.45 bits per heavy atom. The number of piperidine rings is 1. The molecule has 3 aromatic rings. The molecule has 2 saturated heterocycles. The lowest BCUT2D eigenvalue weighted by Gasteiger charge is -2.35. The van der Waals surface area contributed by atoms with Crippen LogP contribution in [0.1, 0.15) is 61.1 Å². The summed E-state index contributed by atoms with van der Waals surface area (Å²) in [5.74, 6) is 2.08. The Balaban J connectivity index is 1.07. The normalized spacial score (nSPS) is 16.9. The number of benzene rings is 3. The SMILES string of the molecule is COc1cc(CNCCCCN2CCCC2)ccc1OC1CCN(CC(c2ccccc2)c2ccccc2)CC1. The standard InChI is InChI=1S/C35H47N3O2/c1-39-35-26-29(27-36-20-8-9-21-37-22-10-11-23-37)16-17-34(35)40-32-18-24-38(25-19-32)28-33(30-12-4-2-5-13-30)31-14-6-3-7-15-31/h2-7,12-17,26,32-33,36H,8-11,18-25,27-28H2,1H3. The molecule has 5 nitrogen and oxygen atoms in total. The van der Waals surface area contributed by atoms with Gasteiger partial charge in [-0.2, -0.15) is 0 Å². The van der Waals surface area contributed by atoms with E-state index in [-0.39, 0.29) is 6.10 Å². The van der Waals surface area contributed by atoms with E-state index in [1.807, 2.05) is 0 Å². The molecule has 1 N–H and O–H groups in total. The molecule has 2 aliphatic heterocycles. The Bertz CT molecular complexity index is 1090. The molecule has 0 aliphatic carbocycles. The smallest absolute Gasteiger partial charge is 0.161 e. The molecule has 2 heterocycles. The van der Waals surface area contributed by atoms with Crippen LogP contribution in [0.2, 0.25) is 0 Å². The molecule has 0 amide bonds. The summed E-state index contributed by atoms with van der Waals surface area (Å²) in [6.45, 7) is 8.88. The Labute approximate surface area is 241 Å². The minimum absolute atomic E-state index is 0.219. The van der Waals surface area contributed by atoms with Crippen LogP contribution in [-0.4, -0.2) is 68.8 Å². The average Bonchev–Trinajstić information content (AvgIpc) is 3.53. The van der Waals surface area contributed by atoms with Crippen LogP contribution in [-0.2, 0) is 6.54 Å². The van der Waals surface area contributed by atoms with Gasteiger partial charge in [0.1, 0.15) is 6.10 Å². The van der Waals surface area contributed by atoms with Gasteiger partial charge in [-0.15, -0.1) is 0 Å². The zero-order valence-corrected chi connectivity index (χ0v) is 24.3. The topological polar surface area (TPSA) is 37.0 Å². The molecule has 0 radical (unpaired) electrons. The molecule has 40 heavy (non-hydrogen) atoms. The first-order valence-electron chi connectivity index (χ1n) is 15.4. The molecular formula is C35H47N3O2. The maximum atomic E-state index is 6.48. The Morgan fingerprint density at radius 3 is 2.10 bits per heavy atom. The van der Waals surface area contributed by atoms with Crippen molar-refractivity contribution in [2.24, 2.45) is 0 Å². The molecule has 3 aromatic carbocycles. The summed E-state index contributed by atoms with van der Waals surface area (Å²) in [7, 11) is 1.74. The van der Waals surface area contributed by atoms with Gasteiger partial charge in [-0.25, -0.2) is 0 Å². The second kappa shape index (κ2) is 15.2. The number of hydrogen-bond donors (Lipinski definition) is 1. The predicted molar refractivity (Wildman–Crippen MR) is 164 cm³/mol. The van der Waals surface area contributed by atoms with Gasteiger partial charge in [0, 0.05) is 32.1 Å². The summed E-state index contributed by atoms with van der Waals surface area (Å²) in [6, 6.07) is 28.2. The van der Waals surface area contributed by atoms with E-state index in [0.717, 1.165) is 57.1 Å². The molecular weight excluding hydrogens is 494 g/mol. The molecule has 0 unspecified atom stereocenters. The molecule has 214 valence electrons. The highest BCUT2D eigenvalue weighted by atomic mass is 16.5. The van der Waals surface area contributed by atoms with Crippen LogP contribution in [0, 0.1) is 0 Å². The Hall–Kier alpha value is -2.86. The van der Waals surface area contributed by atoms with Gasteiger partial charge in [0.05, 0.1) is 7.11 Å². The van der Waals surface area contributed by atoms with E-state index >= 15 is 0 Å². The van der Waals surface area contributed by atoms with Crippen LogP contribution in [0.4, 0.5) is 0 Å². The number of likely N-dealkylation sites (tertiary alicyclic amines) is 2. The van der Waals surface area contributed by atoms with Crippen LogP contribution in [0.15, 0.2) is 78.9 Å². The first-order chi connectivity index (χ1) is 19.8. The number of nitrogens with zero attached hydrogens (tertiary/aromatic N) is 2. The van der Waals surface area contributed by atoms with Crippen molar-refractivity contribution in [3.8, 4) is 11.5 Å². The van der Waals surface area contributed by atoms with Crippen molar-refractivity contribution in [2.45, 2.75) is 57.1 Å². The summed E-state index contributed by atoms with van der Waals surface area (Å²) < 4.78 is 12.2. The Kier molecular flexibility index (Phi) is 10.9. The third-order valence-electron chi connectivity index (χ3n) is 8.51. The van der Waals surface area contributed by atoms with E-state index in [2.05, 4.69) is 94.0 Å². The number of unbranched alkanes of at least 4 members (excludes halogenated alkanes) is 1. The third-order valence-corrected chi connectivity index (χ3v) is 8.51. The first kappa shape index (κ1) is 28.7.